The van der Waals surface area contributed by atoms with Gasteiger partial charge in [0.15, 0.2) is 5.01 Å². The van der Waals surface area contributed by atoms with Gasteiger partial charge in [-0.2, -0.15) is 4.98 Å². The number of hydrogen-bond donors (Lipinski definition) is 1. The molecule has 0 aliphatic carbocycles. The number of thiazole rings is 1. The fraction of sp³-hybridized carbons (Fsp3) is 0.333. The van der Waals surface area contributed by atoms with E-state index in [1.165, 1.54) is 18.4 Å². The molecule has 0 radical (unpaired) electrons. The predicted molar refractivity (Wildman–Crippen MR) is 42.1 cm³/mol. The third-order valence-electron chi connectivity index (χ3n) is 1.11. The molecule has 1 heterocycles. The normalized spacial score (nSPS) is 9.27. The van der Waals surface area contributed by atoms with E-state index >= 15 is 0 Å². The predicted octanol–water partition coefficient (Wildman–Crippen LogP) is 0.511. The van der Waals surface area contributed by atoms with E-state index in [1.807, 2.05) is 0 Å². The van der Waals surface area contributed by atoms with E-state index < -0.39 is 0 Å². The molecule has 0 aliphatic rings. The van der Waals surface area contributed by atoms with E-state index in [2.05, 4.69) is 10.3 Å². The summed E-state index contributed by atoms with van der Waals surface area (Å²) in [5.41, 5.74) is 0. The van der Waals surface area contributed by atoms with Gasteiger partial charge in [0.2, 0.25) is 5.88 Å². The van der Waals surface area contributed by atoms with Crippen molar-refractivity contribution in [2.45, 2.75) is 0 Å². The van der Waals surface area contributed by atoms with Gasteiger partial charge < -0.3 is 10.1 Å². The average molecular weight is 172 g/mol. The quantitative estimate of drug-likeness (QED) is 0.707. The van der Waals surface area contributed by atoms with Crippen LogP contribution >= 0.6 is 11.3 Å². The molecule has 1 aromatic heterocycles. The highest BCUT2D eigenvalue weighted by molar-refractivity contribution is 7.11. The fourth-order valence-corrected chi connectivity index (χ4v) is 1.28. The first kappa shape index (κ1) is 8.00. The molecule has 0 saturated carbocycles. The Hall–Kier alpha value is -1.10. The zero-order valence-electron chi connectivity index (χ0n) is 6.25. The molecule has 0 aliphatic heterocycles. The van der Waals surface area contributed by atoms with Crippen molar-refractivity contribution in [1.82, 2.24) is 10.3 Å². The number of methoxy groups -OCH3 is 1. The van der Waals surface area contributed by atoms with Crippen LogP contribution in [0.25, 0.3) is 0 Å². The Morgan fingerprint density at radius 1 is 1.82 bits per heavy atom. The largest absolute Gasteiger partial charge is 0.480 e. The molecule has 1 amide bonds. The van der Waals surface area contributed by atoms with Gasteiger partial charge in [0.1, 0.15) is 0 Å². The van der Waals surface area contributed by atoms with E-state index in [9.17, 15) is 4.79 Å². The molecule has 1 rings (SSSR count). The van der Waals surface area contributed by atoms with Gasteiger partial charge in [-0.25, -0.2) is 0 Å². The highest BCUT2D eigenvalue weighted by atomic mass is 32.1. The summed E-state index contributed by atoms with van der Waals surface area (Å²) in [4.78, 5) is 14.8. The molecule has 0 unspecified atom stereocenters. The second kappa shape index (κ2) is 3.34. The second-order valence-electron chi connectivity index (χ2n) is 1.77. The van der Waals surface area contributed by atoms with Crippen LogP contribution in [0.3, 0.4) is 0 Å². The molecule has 4 nitrogen and oxygen atoms in total. The van der Waals surface area contributed by atoms with E-state index in [0.29, 0.717) is 10.9 Å². The number of hydrogen-bond acceptors (Lipinski definition) is 4. The molecule has 1 N–H and O–H groups in total. The molecule has 0 spiro atoms. The maximum Gasteiger partial charge on any atom is 0.280 e. The van der Waals surface area contributed by atoms with Crippen molar-refractivity contribution in [2.24, 2.45) is 0 Å². The van der Waals surface area contributed by atoms with Crippen molar-refractivity contribution in [3.05, 3.63) is 10.4 Å². The van der Waals surface area contributed by atoms with Gasteiger partial charge in [0.25, 0.3) is 5.91 Å². The van der Waals surface area contributed by atoms with Crippen LogP contribution in [0.4, 0.5) is 0 Å². The molecule has 0 fully saturated rings. The second-order valence-corrected chi connectivity index (χ2v) is 2.63. The van der Waals surface area contributed by atoms with Crippen LogP contribution in [-0.2, 0) is 0 Å². The molecule has 11 heavy (non-hydrogen) atoms. The van der Waals surface area contributed by atoms with Gasteiger partial charge in [0.05, 0.1) is 12.5 Å². The Kier molecular flexibility index (Phi) is 2.43. The Labute approximate surface area is 68.2 Å². The van der Waals surface area contributed by atoms with Crippen LogP contribution < -0.4 is 10.1 Å². The average Bonchev–Trinajstić information content (AvgIpc) is 2.50. The molecule has 0 aromatic carbocycles. The van der Waals surface area contributed by atoms with Crippen LogP contribution in [0.15, 0.2) is 5.38 Å². The minimum absolute atomic E-state index is 0.182. The lowest BCUT2D eigenvalue weighted by Gasteiger charge is -1.91. The van der Waals surface area contributed by atoms with Crippen molar-refractivity contribution < 1.29 is 9.53 Å². The maximum atomic E-state index is 10.9. The van der Waals surface area contributed by atoms with Crippen molar-refractivity contribution in [1.29, 1.82) is 0 Å². The zero-order valence-corrected chi connectivity index (χ0v) is 7.07. The third kappa shape index (κ3) is 1.68. The van der Waals surface area contributed by atoms with Gasteiger partial charge in [-0.3, -0.25) is 4.79 Å². The van der Waals surface area contributed by atoms with Crippen molar-refractivity contribution >= 4 is 17.2 Å². The van der Waals surface area contributed by atoms with Gasteiger partial charge in [-0.15, -0.1) is 11.3 Å². The topological polar surface area (TPSA) is 51.2 Å². The molecule has 0 bridgehead atoms. The summed E-state index contributed by atoms with van der Waals surface area (Å²) >= 11 is 1.26. The molecular weight excluding hydrogens is 164 g/mol. The first-order valence-corrected chi connectivity index (χ1v) is 3.87. The lowest BCUT2D eigenvalue weighted by atomic mass is 10.6. The Bertz CT molecular complexity index is 259. The SMILES string of the molecule is CNC(=O)c1nc(OC)cs1. The summed E-state index contributed by atoms with van der Waals surface area (Å²) in [7, 11) is 3.08. The standard InChI is InChI=1S/C6H8N2O2S/c1-7-5(9)6-8-4(10-2)3-11-6/h3H,1-2H3,(H,7,9). The molecular formula is C6H8N2O2S. The van der Waals surface area contributed by atoms with Crippen molar-refractivity contribution in [3.8, 4) is 5.88 Å². The first-order valence-electron chi connectivity index (χ1n) is 2.99. The van der Waals surface area contributed by atoms with Gasteiger partial charge in [-0.05, 0) is 0 Å². The first-order chi connectivity index (χ1) is 5.27. The van der Waals surface area contributed by atoms with Gasteiger partial charge >= 0.3 is 0 Å². The number of amides is 1. The van der Waals surface area contributed by atoms with E-state index in [0.717, 1.165) is 0 Å². The van der Waals surface area contributed by atoms with Gasteiger partial charge in [0, 0.05) is 7.05 Å². The fourth-order valence-electron chi connectivity index (χ4n) is 0.564. The highest BCUT2D eigenvalue weighted by Crippen LogP contribution is 2.14. The van der Waals surface area contributed by atoms with E-state index in [4.69, 9.17) is 4.74 Å². The monoisotopic (exact) mass is 172 g/mol. The van der Waals surface area contributed by atoms with E-state index in [-0.39, 0.29) is 5.91 Å². The summed E-state index contributed by atoms with van der Waals surface area (Å²) in [6.45, 7) is 0. The lowest BCUT2D eigenvalue weighted by Crippen LogP contribution is -2.17. The highest BCUT2D eigenvalue weighted by Gasteiger charge is 2.08. The van der Waals surface area contributed by atoms with Crippen molar-refractivity contribution in [2.75, 3.05) is 14.2 Å². The van der Waals surface area contributed by atoms with E-state index in [1.54, 1.807) is 12.4 Å². The number of rotatable bonds is 2. The van der Waals surface area contributed by atoms with Crippen LogP contribution in [0.5, 0.6) is 5.88 Å². The Morgan fingerprint density at radius 3 is 3.00 bits per heavy atom. The van der Waals surface area contributed by atoms with Crippen molar-refractivity contribution in [3.63, 3.8) is 0 Å². The lowest BCUT2D eigenvalue weighted by molar-refractivity contribution is 0.0962. The van der Waals surface area contributed by atoms with Crippen LogP contribution in [-0.4, -0.2) is 25.0 Å². The number of aromatic nitrogens is 1. The minimum atomic E-state index is -0.182. The summed E-state index contributed by atoms with van der Waals surface area (Å²) in [5.74, 6) is 0.298. The number of nitrogens with one attached hydrogen (secondary N) is 1. The van der Waals surface area contributed by atoms with Crippen LogP contribution in [0, 0.1) is 0 Å². The Balaban J connectivity index is 2.80. The Morgan fingerprint density at radius 2 is 2.55 bits per heavy atom. The molecule has 0 atom stereocenters. The number of carbonyl (C=O) groups excluding carboxylic acids is 1. The molecule has 5 heteroatoms. The summed E-state index contributed by atoms with van der Waals surface area (Å²) in [6, 6.07) is 0. The van der Waals surface area contributed by atoms with Gasteiger partial charge in [-0.1, -0.05) is 0 Å². The summed E-state index contributed by atoms with van der Waals surface area (Å²) in [6.07, 6.45) is 0. The number of carbonyl (C=O) groups is 1. The summed E-state index contributed by atoms with van der Waals surface area (Å²) in [5, 5.41) is 4.58. The summed E-state index contributed by atoms with van der Waals surface area (Å²) < 4.78 is 4.81. The smallest absolute Gasteiger partial charge is 0.280 e. The molecule has 1 aromatic rings. The molecule has 0 saturated heterocycles. The minimum Gasteiger partial charge on any atom is -0.480 e. The van der Waals surface area contributed by atoms with Crippen LogP contribution in [0.1, 0.15) is 9.80 Å². The number of ether oxygens (including phenoxy) is 1. The molecule has 60 valence electrons. The number of nitrogens with zero attached hydrogens (tertiary/aromatic N) is 1. The maximum absolute atomic E-state index is 10.9. The third-order valence-corrected chi connectivity index (χ3v) is 1.93. The zero-order chi connectivity index (χ0) is 8.27. The van der Waals surface area contributed by atoms with Crippen LogP contribution in [0.2, 0.25) is 0 Å².